The number of benzene rings is 1. The minimum absolute atomic E-state index is 0.193. The fraction of sp³-hybridized carbons (Fsp3) is 0.364. The molecule has 1 fully saturated rings. The molecule has 0 amide bonds. The highest BCUT2D eigenvalue weighted by molar-refractivity contribution is 8.00. The van der Waals surface area contributed by atoms with Crippen LogP contribution in [0.5, 0.6) is 0 Å². The molecule has 2 atom stereocenters. The van der Waals surface area contributed by atoms with E-state index in [1.54, 1.807) is 11.8 Å². The first-order valence-corrected chi connectivity index (χ1v) is 5.73. The number of hydrogen-bond donors (Lipinski definition) is 1. The first kappa shape index (κ1) is 9.59. The summed E-state index contributed by atoms with van der Waals surface area (Å²) in [5.41, 5.74) is 1.16. The van der Waals surface area contributed by atoms with Gasteiger partial charge in [0, 0.05) is 5.92 Å². The van der Waals surface area contributed by atoms with E-state index in [0.29, 0.717) is 0 Å². The molecule has 2 rings (SSSR count). The van der Waals surface area contributed by atoms with Crippen LogP contribution < -0.4 is 0 Å². The van der Waals surface area contributed by atoms with Gasteiger partial charge < -0.3 is 5.11 Å². The van der Waals surface area contributed by atoms with Crippen molar-refractivity contribution in [2.45, 2.75) is 17.6 Å². The van der Waals surface area contributed by atoms with Crippen molar-refractivity contribution in [3.63, 3.8) is 0 Å². The first-order chi connectivity index (χ1) is 6.79. The second kappa shape index (κ2) is 4.05. The number of carboxylic acid groups (broad SMARTS) is 1. The van der Waals surface area contributed by atoms with E-state index in [1.165, 1.54) is 0 Å². The Labute approximate surface area is 87.3 Å². The molecule has 1 aromatic carbocycles. The highest BCUT2D eigenvalue weighted by Crippen LogP contribution is 2.39. The van der Waals surface area contributed by atoms with Crippen molar-refractivity contribution < 1.29 is 9.90 Å². The molecule has 0 bridgehead atoms. The Hall–Kier alpha value is -0.960. The molecular weight excluding hydrogens is 196 g/mol. The van der Waals surface area contributed by atoms with E-state index in [-0.39, 0.29) is 11.2 Å². The normalized spacial score (nSPS) is 26.3. The molecule has 0 aliphatic carbocycles. The summed E-state index contributed by atoms with van der Waals surface area (Å²) in [5.74, 6) is 0.469. The highest BCUT2D eigenvalue weighted by Gasteiger charge is 2.34. The van der Waals surface area contributed by atoms with Gasteiger partial charge in [-0.1, -0.05) is 30.3 Å². The van der Waals surface area contributed by atoms with Crippen LogP contribution in [0, 0.1) is 0 Å². The third-order valence-electron chi connectivity index (χ3n) is 2.56. The van der Waals surface area contributed by atoms with Crippen molar-refractivity contribution in [2.24, 2.45) is 0 Å². The Morgan fingerprint density at radius 3 is 2.71 bits per heavy atom. The quantitative estimate of drug-likeness (QED) is 0.810. The molecule has 0 spiro atoms. The highest BCUT2D eigenvalue weighted by atomic mass is 32.2. The predicted molar refractivity (Wildman–Crippen MR) is 57.7 cm³/mol. The van der Waals surface area contributed by atoms with Gasteiger partial charge in [0.15, 0.2) is 0 Å². The van der Waals surface area contributed by atoms with Gasteiger partial charge in [0.05, 0.1) is 0 Å². The summed E-state index contributed by atoms with van der Waals surface area (Å²) >= 11 is 1.55. The maximum Gasteiger partial charge on any atom is 0.317 e. The minimum Gasteiger partial charge on any atom is -0.480 e. The molecule has 0 saturated carbocycles. The minimum atomic E-state index is -0.679. The molecule has 1 aromatic rings. The van der Waals surface area contributed by atoms with Crippen LogP contribution in [0.2, 0.25) is 0 Å². The Balaban J connectivity index is 2.22. The van der Waals surface area contributed by atoms with Gasteiger partial charge in [-0.05, 0) is 17.7 Å². The van der Waals surface area contributed by atoms with Crippen LogP contribution in [0.15, 0.2) is 30.3 Å². The summed E-state index contributed by atoms with van der Waals surface area (Å²) in [6.45, 7) is 0. The fourth-order valence-electron chi connectivity index (χ4n) is 1.87. The number of thioether (sulfide) groups is 1. The molecule has 1 N–H and O–H groups in total. The van der Waals surface area contributed by atoms with Crippen LogP contribution in [0.1, 0.15) is 17.9 Å². The van der Waals surface area contributed by atoms with E-state index in [0.717, 1.165) is 17.7 Å². The average molecular weight is 208 g/mol. The van der Waals surface area contributed by atoms with E-state index in [1.807, 2.05) is 30.3 Å². The van der Waals surface area contributed by atoms with Crippen molar-refractivity contribution in [3.8, 4) is 0 Å². The number of rotatable bonds is 2. The lowest BCUT2D eigenvalue weighted by molar-refractivity contribution is -0.136. The predicted octanol–water partition coefficient (Wildman–Crippen LogP) is 2.36. The standard InChI is InChI=1S/C11H12O2S/c12-11(13)10-9(6-7-14-10)8-4-2-1-3-5-8/h1-5,9-10H,6-7H2,(H,12,13). The molecule has 2 nitrogen and oxygen atoms in total. The molecule has 2 unspecified atom stereocenters. The summed E-state index contributed by atoms with van der Waals surface area (Å²) < 4.78 is 0. The Morgan fingerprint density at radius 1 is 1.36 bits per heavy atom. The molecule has 14 heavy (non-hydrogen) atoms. The van der Waals surface area contributed by atoms with Gasteiger partial charge in [-0.2, -0.15) is 0 Å². The molecular formula is C11H12O2S. The molecule has 1 aliphatic rings. The van der Waals surface area contributed by atoms with Crippen molar-refractivity contribution in [2.75, 3.05) is 5.75 Å². The monoisotopic (exact) mass is 208 g/mol. The topological polar surface area (TPSA) is 37.3 Å². The maximum atomic E-state index is 11.0. The number of carboxylic acids is 1. The molecule has 74 valence electrons. The van der Waals surface area contributed by atoms with Gasteiger partial charge >= 0.3 is 5.97 Å². The lowest BCUT2D eigenvalue weighted by atomic mass is 9.93. The Morgan fingerprint density at radius 2 is 2.07 bits per heavy atom. The number of hydrogen-bond acceptors (Lipinski definition) is 2. The number of carbonyl (C=O) groups is 1. The van der Waals surface area contributed by atoms with Crippen LogP contribution in [0.25, 0.3) is 0 Å². The summed E-state index contributed by atoms with van der Waals surface area (Å²) in [6.07, 6.45) is 0.978. The first-order valence-electron chi connectivity index (χ1n) is 4.68. The van der Waals surface area contributed by atoms with E-state index in [4.69, 9.17) is 5.11 Å². The van der Waals surface area contributed by atoms with Crippen molar-refractivity contribution in [3.05, 3.63) is 35.9 Å². The largest absolute Gasteiger partial charge is 0.480 e. The molecule has 1 saturated heterocycles. The molecule has 0 aromatic heterocycles. The summed E-state index contributed by atoms with van der Waals surface area (Å²) in [5, 5.41) is 8.77. The summed E-state index contributed by atoms with van der Waals surface area (Å²) in [6, 6.07) is 9.94. The third kappa shape index (κ3) is 1.77. The van der Waals surface area contributed by atoms with Gasteiger partial charge in [-0.25, -0.2) is 0 Å². The van der Waals surface area contributed by atoms with Gasteiger partial charge in [0.1, 0.15) is 5.25 Å². The third-order valence-corrected chi connectivity index (χ3v) is 3.92. The van der Waals surface area contributed by atoms with Crippen LogP contribution in [0.4, 0.5) is 0 Å². The van der Waals surface area contributed by atoms with Crippen molar-refractivity contribution in [1.82, 2.24) is 0 Å². The lowest BCUT2D eigenvalue weighted by Gasteiger charge is -2.14. The molecule has 0 radical (unpaired) electrons. The average Bonchev–Trinajstić information content (AvgIpc) is 2.67. The molecule has 1 heterocycles. The van der Waals surface area contributed by atoms with Gasteiger partial charge in [-0.15, -0.1) is 11.8 Å². The zero-order valence-corrected chi connectivity index (χ0v) is 8.54. The summed E-state index contributed by atoms with van der Waals surface area (Å²) in [4.78, 5) is 11.0. The Bertz CT molecular complexity index is 323. The van der Waals surface area contributed by atoms with Crippen molar-refractivity contribution >= 4 is 17.7 Å². The Kier molecular flexibility index (Phi) is 2.77. The van der Waals surface area contributed by atoms with Crippen LogP contribution in [0.3, 0.4) is 0 Å². The van der Waals surface area contributed by atoms with Crippen molar-refractivity contribution in [1.29, 1.82) is 0 Å². The summed E-state index contributed by atoms with van der Waals surface area (Å²) in [7, 11) is 0. The fourth-order valence-corrected chi connectivity index (χ4v) is 3.19. The maximum absolute atomic E-state index is 11.0. The smallest absolute Gasteiger partial charge is 0.317 e. The van der Waals surface area contributed by atoms with Gasteiger partial charge in [0.2, 0.25) is 0 Å². The zero-order chi connectivity index (χ0) is 9.97. The number of aliphatic carboxylic acids is 1. The van der Waals surface area contributed by atoms with Crippen LogP contribution >= 0.6 is 11.8 Å². The second-order valence-corrected chi connectivity index (χ2v) is 4.68. The lowest BCUT2D eigenvalue weighted by Crippen LogP contribution is -2.20. The van der Waals surface area contributed by atoms with E-state index < -0.39 is 5.97 Å². The van der Waals surface area contributed by atoms with Crippen LogP contribution in [-0.2, 0) is 4.79 Å². The van der Waals surface area contributed by atoms with E-state index in [9.17, 15) is 4.79 Å². The SMILES string of the molecule is O=C(O)C1SCCC1c1ccccc1. The molecule has 1 aliphatic heterocycles. The van der Waals surface area contributed by atoms with Crippen LogP contribution in [-0.4, -0.2) is 22.1 Å². The second-order valence-electron chi connectivity index (χ2n) is 3.44. The zero-order valence-electron chi connectivity index (χ0n) is 7.72. The van der Waals surface area contributed by atoms with Gasteiger partial charge in [-0.3, -0.25) is 4.79 Å². The molecule has 3 heteroatoms. The van der Waals surface area contributed by atoms with E-state index in [2.05, 4.69) is 0 Å². The van der Waals surface area contributed by atoms with E-state index >= 15 is 0 Å². The van der Waals surface area contributed by atoms with Gasteiger partial charge in [0.25, 0.3) is 0 Å².